The van der Waals surface area contributed by atoms with Crippen LogP contribution in [0.4, 0.5) is 0 Å². The highest BCUT2D eigenvalue weighted by Crippen LogP contribution is 2.16. The maximum Gasteiger partial charge on any atom is 0.0521 e. The average Bonchev–Trinajstić information content (AvgIpc) is 2.38. The molecule has 3 nitrogen and oxygen atoms in total. The van der Waals surface area contributed by atoms with Gasteiger partial charge in [0.05, 0.1) is 6.61 Å². The summed E-state index contributed by atoms with van der Waals surface area (Å²) in [5.74, 6) is 1.92. The van der Waals surface area contributed by atoms with Crippen molar-refractivity contribution in [2.45, 2.75) is 32.2 Å². The molecular formula is C14H30N2OS. The fourth-order valence-corrected chi connectivity index (χ4v) is 2.96. The van der Waals surface area contributed by atoms with Crippen LogP contribution in [0, 0.1) is 5.92 Å². The van der Waals surface area contributed by atoms with E-state index in [2.05, 4.69) is 30.4 Å². The zero-order chi connectivity index (χ0) is 13.2. The van der Waals surface area contributed by atoms with E-state index in [1.165, 1.54) is 31.6 Å². The van der Waals surface area contributed by atoms with Crippen molar-refractivity contribution in [2.24, 2.45) is 5.92 Å². The third kappa shape index (κ3) is 6.41. The summed E-state index contributed by atoms with van der Waals surface area (Å²) in [4.78, 5) is 2.47. The number of rotatable bonds is 9. The Morgan fingerprint density at radius 3 is 3.00 bits per heavy atom. The summed E-state index contributed by atoms with van der Waals surface area (Å²) >= 11 is 1.94. The van der Waals surface area contributed by atoms with Gasteiger partial charge in [0.15, 0.2) is 0 Å². The molecule has 0 bridgehead atoms. The van der Waals surface area contributed by atoms with Gasteiger partial charge in [-0.1, -0.05) is 6.92 Å². The molecule has 0 aromatic rings. The van der Waals surface area contributed by atoms with E-state index in [0.717, 1.165) is 26.3 Å². The Hall–Kier alpha value is 0.230. The van der Waals surface area contributed by atoms with Gasteiger partial charge in [-0.25, -0.2) is 0 Å². The van der Waals surface area contributed by atoms with E-state index >= 15 is 0 Å². The minimum atomic E-state index is 0.654. The van der Waals surface area contributed by atoms with Crippen LogP contribution in [0.1, 0.15) is 26.2 Å². The number of ether oxygens (including phenoxy) is 1. The first kappa shape index (κ1) is 16.3. The lowest BCUT2D eigenvalue weighted by molar-refractivity contribution is 0.0199. The van der Waals surface area contributed by atoms with Gasteiger partial charge in [0.25, 0.3) is 0 Å². The maximum atomic E-state index is 5.65. The van der Waals surface area contributed by atoms with Gasteiger partial charge in [-0.2, -0.15) is 11.8 Å². The summed E-state index contributed by atoms with van der Waals surface area (Å²) in [6.45, 7) is 7.59. The highest BCUT2D eigenvalue weighted by atomic mass is 32.2. The number of hydrogen-bond acceptors (Lipinski definition) is 4. The zero-order valence-electron chi connectivity index (χ0n) is 12.3. The first-order valence-corrected chi connectivity index (χ1v) is 8.66. The number of nitrogens with zero attached hydrogens (tertiary/aromatic N) is 1. The first-order valence-electron chi connectivity index (χ1n) is 7.26. The van der Waals surface area contributed by atoms with Crippen molar-refractivity contribution in [1.29, 1.82) is 0 Å². The van der Waals surface area contributed by atoms with Gasteiger partial charge in [0, 0.05) is 25.1 Å². The lowest BCUT2D eigenvalue weighted by Crippen LogP contribution is -2.47. The van der Waals surface area contributed by atoms with Crippen molar-refractivity contribution >= 4 is 11.8 Å². The van der Waals surface area contributed by atoms with Crippen molar-refractivity contribution < 1.29 is 4.74 Å². The highest BCUT2D eigenvalue weighted by Gasteiger charge is 2.25. The molecule has 1 rings (SSSR count). The van der Waals surface area contributed by atoms with Gasteiger partial charge in [-0.05, 0) is 51.4 Å². The molecule has 4 heteroatoms. The van der Waals surface area contributed by atoms with Crippen molar-refractivity contribution in [3.05, 3.63) is 0 Å². The van der Waals surface area contributed by atoms with Crippen LogP contribution in [0.2, 0.25) is 0 Å². The van der Waals surface area contributed by atoms with Gasteiger partial charge >= 0.3 is 0 Å². The third-order valence-corrected chi connectivity index (χ3v) is 4.26. The Balaban J connectivity index is 2.26. The Kier molecular flexibility index (Phi) is 9.11. The average molecular weight is 274 g/mol. The molecular weight excluding hydrogens is 244 g/mol. The van der Waals surface area contributed by atoms with E-state index in [9.17, 15) is 0 Å². The minimum Gasteiger partial charge on any atom is -0.381 e. The quantitative estimate of drug-likeness (QED) is 0.651. The molecule has 1 heterocycles. The van der Waals surface area contributed by atoms with Crippen molar-refractivity contribution in [3.8, 4) is 0 Å². The molecule has 0 aromatic heterocycles. The Morgan fingerprint density at radius 1 is 1.44 bits per heavy atom. The molecule has 0 spiro atoms. The predicted molar refractivity (Wildman–Crippen MR) is 81.5 cm³/mol. The van der Waals surface area contributed by atoms with Crippen molar-refractivity contribution in [3.63, 3.8) is 0 Å². The van der Waals surface area contributed by atoms with Gasteiger partial charge < -0.3 is 15.0 Å². The maximum absolute atomic E-state index is 5.65. The molecule has 0 aromatic carbocycles. The summed E-state index contributed by atoms with van der Waals surface area (Å²) in [6, 6.07) is 0.654. The molecule has 1 saturated heterocycles. The zero-order valence-corrected chi connectivity index (χ0v) is 13.1. The minimum absolute atomic E-state index is 0.654. The van der Waals surface area contributed by atoms with E-state index in [-0.39, 0.29) is 0 Å². The van der Waals surface area contributed by atoms with Crippen LogP contribution in [0.3, 0.4) is 0 Å². The number of hydrogen-bond donors (Lipinski definition) is 1. The lowest BCUT2D eigenvalue weighted by Gasteiger charge is -2.35. The van der Waals surface area contributed by atoms with Crippen LogP contribution in [0.15, 0.2) is 0 Å². The Morgan fingerprint density at radius 2 is 2.28 bits per heavy atom. The van der Waals surface area contributed by atoms with Gasteiger partial charge in [0.1, 0.15) is 0 Å². The largest absolute Gasteiger partial charge is 0.381 e. The van der Waals surface area contributed by atoms with E-state index in [4.69, 9.17) is 4.74 Å². The monoisotopic (exact) mass is 274 g/mol. The summed E-state index contributed by atoms with van der Waals surface area (Å²) in [6.07, 6.45) is 5.86. The van der Waals surface area contributed by atoms with Crippen molar-refractivity contribution in [2.75, 3.05) is 51.9 Å². The molecule has 2 atom stereocenters. The summed E-state index contributed by atoms with van der Waals surface area (Å²) in [7, 11) is 2.24. The topological polar surface area (TPSA) is 24.5 Å². The van der Waals surface area contributed by atoms with E-state index in [1.54, 1.807) is 0 Å². The van der Waals surface area contributed by atoms with Crippen LogP contribution in [0.5, 0.6) is 0 Å². The summed E-state index contributed by atoms with van der Waals surface area (Å²) < 4.78 is 5.65. The van der Waals surface area contributed by atoms with Crippen LogP contribution >= 0.6 is 11.8 Å². The van der Waals surface area contributed by atoms with Crippen LogP contribution in [-0.4, -0.2) is 62.8 Å². The number of thioether (sulfide) groups is 1. The molecule has 0 amide bonds. The second-order valence-corrected chi connectivity index (χ2v) is 6.28. The second-order valence-electron chi connectivity index (χ2n) is 5.29. The predicted octanol–water partition coefficient (Wildman–Crippen LogP) is 2.08. The molecule has 1 fully saturated rings. The number of nitrogens with one attached hydrogen (secondary N) is 1. The van der Waals surface area contributed by atoms with Crippen LogP contribution in [0.25, 0.3) is 0 Å². The van der Waals surface area contributed by atoms with Crippen LogP contribution < -0.4 is 5.32 Å². The lowest BCUT2D eigenvalue weighted by atomic mass is 9.95. The smallest absolute Gasteiger partial charge is 0.0521 e. The summed E-state index contributed by atoms with van der Waals surface area (Å²) in [5, 5.41) is 3.68. The second kappa shape index (κ2) is 10.1. The SMILES string of the molecule is CCCNC1CCOCC1CN(C)CCCSC. The molecule has 1 aliphatic rings. The first-order chi connectivity index (χ1) is 8.77. The van der Waals surface area contributed by atoms with E-state index in [0.29, 0.717) is 12.0 Å². The molecule has 0 aliphatic carbocycles. The molecule has 108 valence electrons. The van der Waals surface area contributed by atoms with Crippen LogP contribution in [-0.2, 0) is 4.74 Å². The Labute approximate surface area is 117 Å². The normalized spacial score (nSPS) is 24.7. The summed E-state index contributed by atoms with van der Waals surface area (Å²) in [5.41, 5.74) is 0. The fraction of sp³-hybridized carbons (Fsp3) is 1.00. The van der Waals surface area contributed by atoms with Gasteiger partial charge in [0.2, 0.25) is 0 Å². The molecule has 2 unspecified atom stereocenters. The standard InChI is InChI=1S/C14H30N2OS/c1-4-7-15-14-6-9-17-12-13(14)11-16(2)8-5-10-18-3/h13-15H,4-12H2,1-3H3. The molecule has 1 N–H and O–H groups in total. The van der Waals surface area contributed by atoms with Gasteiger partial charge in [-0.15, -0.1) is 0 Å². The highest BCUT2D eigenvalue weighted by molar-refractivity contribution is 7.98. The van der Waals surface area contributed by atoms with E-state index < -0.39 is 0 Å². The van der Waals surface area contributed by atoms with Gasteiger partial charge in [-0.3, -0.25) is 0 Å². The fourth-order valence-electron chi connectivity index (χ4n) is 2.55. The molecule has 1 aliphatic heterocycles. The van der Waals surface area contributed by atoms with Crippen molar-refractivity contribution in [1.82, 2.24) is 10.2 Å². The van der Waals surface area contributed by atoms with E-state index in [1.807, 2.05) is 11.8 Å². The molecule has 0 saturated carbocycles. The Bertz CT molecular complexity index is 204. The molecule has 18 heavy (non-hydrogen) atoms. The third-order valence-electron chi connectivity index (χ3n) is 3.57. The molecule has 0 radical (unpaired) electrons.